The van der Waals surface area contributed by atoms with E-state index in [9.17, 15) is 0 Å². The molecule has 9 rings (SSSR count). The number of thioether (sulfide) groups is 1. The third-order valence-corrected chi connectivity index (χ3v) is 18.4. The second kappa shape index (κ2) is 45.6. The summed E-state index contributed by atoms with van der Waals surface area (Å²) in [5, 5.41) is -1.54. The van der Waals surface area contributed by atoms with Gasteiger partial charge in [0.15, 0.2) is 39.7 Å². The smallest absolute Gasteiger partial charge is 0.344 e. The molecule has 6 heterocycles. The van der Waals surface area contributed by atoms with Crippen LogP contribution in [0.5, 0.6) is 40.5 Å². The molecule has 0 atom stereocenters. The maximum Gasteiger partial charge on any atom is 0.344 e. The lowest BCUT2D eigenvalue weighted by atomic mass is 10.2. The predicted octanol–water partition coefficient (Wildman–Crippen LogP) is 9.48. The Balaban J connectivity index is 0.000000226. The van der Waals surface area contributed by atoms with Crippen molar-refractivity contribution in [2.75, 3.05) is 208 Å². The molecule has 0 radical (unpaired) electrons. The van der Waals surface area contributed by atoms with Crippen LogP contribution in [0.2, 0.25) is 0 Å². The molecule has 38 heteroatoms. The summed E-state index contributed by atoms with van der Waals surface area (Å²) in [5.74, 6) is 5.06. The molecule has 6 aromatic heterocycles. The lowest BCUT2D eigenvalue weighted by Crippen LogP contribution is -2.20. The Bertz CT molecular complexity index is 4130. The standard InChI is InChI=1S/C24H34N6O5S.C23H29F2N5O5S2.C23H31N5O6S/c1-16-18(15-30(2)24-28-21(25)14-22(26)29-24)27-23(36-16)17-5-6-19(32-4)20(13-17)35-12-11-34-10-9-33-8-7-31-3;1-14-20(23(24,25)37-22-28-18(26)13-19(27)29-22)30-21(36-14)15-4-5-16(32-3)17(12-15)35-11-10-34-9-8-33-7-6-31-2;1-15-17(14-34-23-27-20(24)13-21(25)28-23)26-22(35-15)16-4-5-18(30-3)19(12-16)33-11-10-32-9-8-31-7-6-29-2/h5-6,13-14H,7-12,15H2,1-4H3,(H4,25,26,28,29);4-5,12-13H,6-11H2,1-3H3,(H4,26,27,28,29);4-5,12-13H,6-11,14H2,1-3H3,(H4,24,25,27,28). The first-order valence-electron chi connectivity index (χ1n) is 33.5. The molecule has 108 heavy (non-hydrogen) atoms. The zero-order chi connectivity index (χ0) is 77.8. The van der Waals surface area contributed by atoms with Gasteiger partial charge in [0, 0.05) is 77.9 Å². The molecule has 0 fully saturated rings. The first-order valence-corrected chi connectivity index (χ1v) is 36.8. The number of hydrogen-bond acceptors (Lipinski definition) is 36. The van der Waals surface area contributed by atoms with Crippen molar-refractivity contribution in [3.63, 3.8) is 0 Å². The Morgan fingerprint density at radius 1 is 0.380 bits per heavy atom. The van der Waals surface area contributed by atoms with Crippen molar-refractivity contribution in [2.24, 2.45) is 0 Å². The number of nitrogens with two attached hydrogens (primary N) is 6. The number of anilines is 7. The highest BCUT2D eigenvalue weighted by atomic mass is 32.2. The second-order valence-electron chi connectivity index (χ2n) is 22.5. The van der Waals surface area contributed by atoms with E-state index in [4.69, 9.17) is 120 Å². The second-order valence-corrected chi connectivity index (χ2v) is 27.2. The number of hydrogen-bond donors (Lipinski definition) is 6. The summed E-state index contributed by atoms with van der Waals surface area (Å²) >= 11 is 4.43. The summed E-state index contributed by atoms with van der Waals surface area (Å²) < 4.78 is 117. The monoisotopic (exact) mass is 1580 g/mol. The summed E-state index contributed by atoms with van der Waals surface area (Å²) in [5.41, 5.74) is 38.0. The number of benzene rings is 3. The van der Waals surface area contributed by atoms with E-state index in [0.717, 1.165) is 53.6 Å². The number of aromatic nitrogens is 9. The molecular formula is C70H94F2N16O16S4. The SMILES string of the molecule is COCCOCCOCCOc1cc(-c2nc(C(F)(F)Sc3nc(N)cc(N)n3)c(C)s2)ccc1OC.COCCOCCOCCOc1cc(-c2nc(CN(C)c3nc(N)cc(N)n3)c(C)s2)ccc1OC.COCCOCCOCCOc1cc(-c2nc(COc3nc(N)cc(N)n3)c(C)s2)ccc1OC. The topological polar surface area (TPSA) is 423 Å². The van der Waals surface area contributed by atoms with E-state index in [0.29, 0.717) is 186 Å². The molecule has 0 unspecified atom stereocenters. The molecule has 0 spiro atoms. The predicted molar refractivity (Wildman–Crippen MR) is 412 cm³/mol. The summed E-state index contributed by atoms with van der Waals surface area (Å²) in [4.78, 5) is 42.3. The third kappa shape index (κ3) is 28.4. The molecule has 32 nitrogen and oxygen atoms in total. The van der Waals surface area contributed by atoms with Gasteiger partial charge in [0.25, 0.3) is 0 Å². The molecule has 0 aliphatic rings. The number of alkyl halides is 2. The van der Waals surface area contributed by atoms with Gasteiger partial charge in [-0.05, 0) is 87.1 Å². The van der Waals surface area contributed by atoms with Crippen molar-refractivity contribution in [1.29, 1.82) is 0 Å². The zero-order valence-electron chi connectivity index (χ0n) is 61.9. The quantitative estimate of drug-likeness (QED) is 0.0117. The summed E-state index contributed by atoms with van der Waals surface area (Å²) in [6.45, 7) is 14.7. The summed E-state index contributed by atoms with van der Waals surface area (Å²) in [6.07, 6.45) is 0. The van der Waals surface area contributed by atoms with Crippen LogP contribution < -0.4 is 72.5 Å². The van der Waals surface area contributed by atoms with Crippen LogP contribution >= 0.6 is 45.8 Å². The maximum atomic E-state index is 15.1. The van der Waals surface area contributed by atoms with Crippen LogP contribution in [0, 0.1) is 20.8 Å². The van der Waals surface area contributed by atoms with Crippen LogP contribution in [0.1, 0.15) is 31.7 Å². The van der Waals surface area contributed by atoms with E-state index in [1.807, 2.05) is 62.2 Å². The fraction of sp³-hybridized carbons (Fsp3) is 0.443. The molecule has 0 saturated heterocycles. The Labute approximate surface area is 641 Å². The number of thiazole rings is 3. The van der Waals surface area contributed by atoms with E-state index < -0.39 is 5.25 Å². The highest BCUT2D eigenvalue weighted by Crippen LogP contribution is 2.47. The molecule has 0 aliphatic carbocycles. The minimum Gasteiger partial charge on any atom is -0.493 e. The van der Waals surface area contributed by atoms with Gasteiger partial charge < -0.3 is 115 Å². The Hall–Kier alpha value is -9.16. The number of nitrogen functional groups attached to an aromatic ring is 6. The molecule has 3 aromatic carbocycles. The van der Waals surface area contributed by atoms with Gasteiger partial charge in [-0.25, -0.2) is 24.9 Å². The van der Waals surface area contributed by atoms with Crippen LogP contribution in [0.4, 0.5) is 49.6 Å². The van der Waals surface area contributed by atoms with Crippen LogP contribution in [-0.4, -0.2) is 213 Å². The number of halogens is 2. The molecule has 9 aromatic rings. The van der Waals surface area contributed by atoms with Gasteiger partial charge in [0.2, 0.25) is 5.95 Å². The molecule has 0 amide bonds. The zero-order valence-corrected chi connectivity index (χ0v) is 65.2. The van der Waals surface area contributed by atoms with Gasteiger partial charge in [-0.2, -0.15) is 28.7 Å². The molecule has 0 bridgehead atoms. The lowest BCUT2D eigenvalue weighted by molar-refractivity contribution is 0.0178. The number of methoxy groups -OCH3 is 6. The van der Waals surface area contributed by atoms with E-state index in [2.05, 4.69) is 34.9 Å². The van der Waals surface area contributed by atoms with Crippen LogP contribution in [0.25, 0.3) is 31.7 Å². The highest BCUT2D eigenvalue weighted by Gasteiger charge is 2.40. The van der Waals surface area contributed by atoms with Crippen molar-refractivity contribution in [3.8, 4) is 72.2 Å². The summed E-state index contributed by atoms with van der Waals surface area (Å²) in [6, 6.07) is 21.0. The van der Waals surface area contributed by atoms with Gasteiger partial charge in [-0.15, -0.1) is 34.0 Å². The van der Waals surface area contributed by atoms with Gasteiger partial charge in [0.05, 0.1) is 138 Å². The number of ether oxygens (including phenoxy) is 16. The van der Waals surface area contributed by atoms with Gasteiger partial charge in [-0.1, -0.05) is 0 Å². The molecular weight excluding hydrogens is 1490 g/mol. The van der Waals surface area contributed by atoms with Crippen molar-refractivity contribution < 1.29 is 84.6 Å². The van der Waals surface area contributed by atoms with E-state index in [1.165, 1.54) is 25.3 Å². The fourth-order valence-electron chi connectivity index (χ4n) is 9.23. The van der Waals surface area contributed by atoms with Gasteiger partial charge in [-0.3, -0.25) is 0 Å². The molecule has 0 aliphatic heterocycles. The average molecular weight is 1580 g/mol. The largest absolute Gasteiger partial charge is 0.493 e. The minimum atomic E-state index is -3.41. The first kappa shape index (κ1) is 86.1. The Morgan fingerprint density at radius 3 is 1.10 bits per heavy atom. The van der Waals surface area contributed by atoms with Crippen molar-refractivity contribution >= 4 is 86.6 Å². The molecule has 0 saturated carbocycles. The lowest BCUT2D eigenvalue weighted by Gasteiger charge is -2.16. The van der Waals surface area contributed by atoms with Gasteiger partial charge >= 0.3 is 11.3 Å². The third-order valence-electron chi connectivity index (χ3n) is 14.5. The van der Waals surface area contributed by atoms with Crippen LogP contribution in [0.3, 0.4) is 0 Å². The Kier molecular flexibility index (Phi) is 36.4. The van der Waals surface area contributed by atoms with Crippen molar-refractivity contribution in [3.05, 3.63) is 105 Å². The van der Waals surface area contributed by atoms with E-state index in [-0.39, 0.29) is 65.1 Å². The minimum absolute atomic E-state index is 0.00746. The van der Waals surface area contributed by atoms with Crippen molar-refractivity contribution in [1.82, 2.24) is 44.9 Å². The Morgan fingerprint density at radius 2 is 0.713 bits per heavy atom. The van der Waals surface area contributed by atoms with Crippen LogP contribution in [-0.2, 0) is 61.0 Å². The van der Waals surface area contributed by atoms with E-state index >= 15 is 8.78 Å². The van der Waals surface area contributed by atoms with Gasteiger partial charge in [0.1, 0.15) is 82.1 Å². The number of rotatable bonds is 45. The van der Waals surface area contributed by atoms with Crippen LogP contribution in [0.15, 0.2) is 78.0 Å². The normalized spacial score (nSPS) is 11.2. The van der Waals surface area contributed by atoms with E-state index in [1.54, 1.807) is 83.3 Å². The number of aryl methyl sites for hydroxylation is 3. The fourth-order valence-corrected chi connectivity index (χ4v) is 12.9. The highest BCUT2D eigenvalue weighted by molar-refractivity contribution is 7.99. The van der Waals surface area contributed by atoms with Crippen molar-refractivity contribution in [2.45, 2.75) is 44.3 Å². The number of nitrogens with zero attached hydrogens (tertiary/aromatic N) is 10. The maximum absolute atomic E-state index is 15.1. The first-order chi connectivity index (χ1) is 52.1. The molecule has 588 valence electrons. The molecule has 12 N–H and O–H groups in total. The summed E-state index contributed by atoms with van der Waals surface area (Å²) in [7, 11) is 11.5. The average Bonchev–Trinajstić information content (AvgIpc) is 1.69.